The zero-order valence-electron chi connectivity index (χ0n) is 16.2. The van der Waals surface area contributed by atoms with E-state index in [0.29, 0.717) is 24.7 Å². The Kier molecular flexibility index (Phi) is 10.2. The molecule has 0 radical (unpaired) electrons. The van der Waals surface area contributed by atoms with Crippen LogP contribution < -0.4 is 0 Å². The molecule has 2 aliphatic heterocycles. The van der Waals surface area contributed by atoms with Gasteiger partial charge in [-0.1, -0.05) is 59.1 Å². The summed E-state index contributed by atoms with van der Waals surface area (Å²) in [5.74, 6) is 0.585. The molecule has 4 heteroatoms. The SMILES string of the molecule is CCCC=CC1OC(=O)CC1C.CCCCC=CC1OC(=O)CC1C. The van der Waals surface area contributed by atoms with Crippen molar-refractivity contribution in [3.05, 3.63) is 24.3 Å². The summed E-state index contributed by atoms with van der Waals surface area (Å²) in [7, 11) is 0. The van der Waals surface area contributed by atoms with Gasteiger partial charge in [0.25, 0.3) is 0 Å². The third-order valence-corrected chi connectivity index (χ3v) is 4.47. The van der Waals surface area contributed by atoms with Gasteiger partial charge in [0, 0.05) is 11.8 Å². The molecule has 2 aliphatic rings. The van der Waals surface area contributed by atoms with E-state index in [1.165, 1.54) is 12.8 Å². The number of esters is 2. The molecule has 2 rings (SSSR count). The first-order valence-corrected chi connectivity index (χ1v) is 9.70. The quantitative estimate of drug-likeness (QED) is 0.369. The highest BCUT2D eigenvalue weighted by molar-refractivity contribution is 5.72. The summed E-state index contributed by atoms with van der Waals surface area (Å²) in [6.07, 6.45) is 15.2. The monoisotopic (exact) mass is 350 g/mol. The van der Waals surface area contributed by atoms with Crippen LogP contribution in [0.15, 0.2) is 24.3 Å². The lowest BCUT2D eigenvalue weighted by atomic mass is 10.0. The van der Waals surface area contributed by atoms with E-state index in [-0.39, 0.29) is 24.1 Å². The molecule has 4 nitrogen and oxygen atoms in total. The Bertz CT molecular complexity index is 467. The van der Waals surface area contributed by atoms with E-state index >= 15 is 0 Å². The lowest BCUT2D eigenvalue weighted by molar-refractivity contribution is -0.141. The van der Waals surface area contributed by atoms with Gasteiger partial charge in [-0.15, -0.1) is 0 Å². The Morgan fingerprint density at radius 1 is 0.840 bits per heavy atom. The van der Waals surface area contributed by atoms with Gasteiger partial charge in [0.05, 0.1) is 12.8 Å². The van der Waals surface area contributed by atoms with E-state index in [2.05, 4.69) is 32.9 Å². The van der Waals surface area contributed by atoms with Crippen LogP contribution >= 0.6 is 0 Å². The number of carbonyl (C=O) groups excluding carboxylic acids is 2. The number of rotatable bonds is 7. The predicted molar refractivity (Wildman–Crippen MR) is 100 cm³/mol. The Labute approximate surface area is 152 Å². The van der Waals surface area contributed by atoms with Crippen molar-refractivity contribution in [1.29, 1.82) is 0 Å². The molecule has 0 bridgehead atoms. The fraction of sp³-hybridized carbons (Fsp3) is 0.714. The maximum atomic E-state index is 10.9. The second-order valence-corrected chi connectivity index (χ2v) is 7.06. The van der Waals surface area contributed by atoms with Gasteiger partial charge in [-0.05, 0) is 25.0 Å². The molecule has 0 aliphatic carbocycles. The summed E-state index contributed by atoms with van der Waals surface area (Å²) in [6, 6.07) is 0. The van der Waals surface area contributed by atoms with Crippen molar-refractivity contribution in [2.24, 2.45) is 11.8 Å². The van der Waals surface area contributed by atoms with Crippen molar-refractivity contribution < 1.29 is 19.1 Å². The van der Waals surface area contributed by atoms with Crippen molar-refractivity contribution in [2.75, 3.05) is 0 Å². The minimum atomic E-state index is -0.0614. The van der Waals surface area contributed by atoms with Crippen molar-refractivity contribution in [1.82, 2.24) is 0 Å². The highest BCUT2D eigenvalue weighted by atomic mass is 16.6. The fourth-order valence-electron chi connectivity index (χ4n) is 2.80. The number of carbonyl (C=O) groups is 2. The average molecular weight is 350 g/mol. The second kappa shape index (κ2) is 11.9. The molecular formula is C21H34O4. The number of hydrogen-bond donors (Lipinski definition) is 0. The summed E-state index contributed by atoms with van der Waals surface area (Å²) < 4.78 is 10.2. The highest BCUT2D eigenvalue weighted by Gasteiger charge is 2.29. The lowest BCUT2D eigenvalue weighted by Gasteiger charge is -2.07. The Balaban J connectivity index is 0.000000251. The van der Waals surface area contributed by atoms with E-state index in [4.69, 9.17) is 9.47 Å². The molecule has 4 unspecified atom stereocenters. The zero-order chi connectivity index (χ0) is 18.7. The molecule has 0 amide bonds. The molecule has 2 heterocycles. The maximum absolute atomic E-state index is 10.9. The molecule has 0 N–H and O–H groups in total. The normalized spacial score (nSPS) is 29.0. The van der Waals surface area contributed by atoms with E-state index in [1.54, 1.807) is 0 Å². The van der Waals surface area contributed by atoms with Gasteiger partial charge in [0.2, 0.25) is 0 Å². The first-order valence-electron chi connectivity index (χ1n) is 9.70. The van der Waals surface area contributed by atoms with Gasteiger partial charge in [-0.2, -0.15) is 0 Å². The number of ether oxygens (including phenoxy) is 2. The standard InChI is InChI=1S/C11H18O2.C10H16O2/c1-3-4-5-6-7-10-9(2)8-11(12)13-10;1-3-4-5-6-9-8(2)7-10(11)12-9/h6-7,9-10H,3-5,8H2,1-2H3;5-6,8-9H,3-4,7H2,1-2H3. The van der Waals surface area contributed by atoms with Crippen LogP contribution in [-0.4, -0.2) is 24.1 Å². The van der Waals surface area contributed by atoms with E-state index in [0.717, 1.165) is 19.3 Å². The van der Waals surface area contributed by atoms with Crippen LogP contribution in [0, 0.1) is 11.8 Å². The first kappa shape index (κ1) is 21.5. The second-order valence-electron chi connectivity index (χ2n) is 7.06. The molecule has 0 spiro atoms. The largest absolute Gasteiger partial charge is 0.458 e. The molecule has 4 atom stereocenters. The van der Waals surface area contributed by atoms with Gasteiger partial charge < -0.3 is 9.47 Å². The third kappa shape index (κ3) is 8.37. The van der Waals surface area contributed by atoms with Crippen molar-refractivity contribution in [3.8, 4) is 0 Å². The van der Waals surface area contributed by atoms with Gasteiger partial charge >= 0.3 is 11.9 Å². The van der Waals surface area contributed by atoms with Crippen LogP contribution in [0.25, 0.3) is 0 Å². The zero-order valence-corrected chi connectivity index (χ0v) is 16.2. The van der Waals surface area contributed by atoms with Crippen LogP contribution in [0.5, 0.6) is 0 Å². The van der Waals surface area contributed by atoms with Gasteiger partial charge in [0.15, 0.2) is 0 Å². The minimum Gasteiger partial charge on any atom is -0.458 e. The molecule has 0 saturated carbocycles. The van der Waals surface area contributed by atoms with Crippen LogP contribution in [-0.2, 0) is 19.1 Å². The van der Waals surface area contributed by atoms with Gasteiger partial charge in [-0.3, -0.25) is 9.59 Å². The number of hydrogen-bond acceptors (Lipinski definition) is 4. The summed E-state index contributed by atoms with van der Waals surface area (Å²) in [5, 5.41) is 0. The van der Waals surface area contributed by atoms with Gasteiger partial charge in [-0.25, -0.2) is 0 Å². The van der Waals surface area contributed by atoms with E-state index in [9.17, 15) is 9.59 Å². The molecule has 142 valence electrons. The van der Waals surface area contributed by atoms with Crippen molar-refractivity contribution in [2.45, 2.75) is 84.8 Å². The molecule has 2 fully saturated rings. The molecule has 0 aromatic carbocycles. The first-order chi connectivity index (χ1) is 12.0. The number of allylic oxidation sites excluding steroid dienone is 2. The number of unbranched alkanes of at least 4 members (excludes halogenated alkanes) is 3. The maximum Gasteiger partial charge on any atom is 0.306 e. The summed E-state index contributed by atoms with van der Waals surface area (Å²) in [6.45, 7) is 8.41. The van der Waals surface area contributed by atoms with Gasteiger partial charge in [0.1, 0.15) is 12.2 Å². The van der Waals surface area contributed by atoms with E-state index < -0.39 is 0 Å². The van der Waals surface area contributed by atoms with Crippen LogP contribution in [0.3, 0.4) is 0 Å². The van der Waals surface area contributed by atoms with Crippen molar-refractivity contribution in [3.63, 3.8) is 0 Å². The topological polar surface area (TPSA) is 52.6 Å². The Morgan fingerprint density at radius 2 is 1.32 bits per heavy atom. The fourth-order valence-corrected chi connectivity index (χ4v) is 2.80. The molecule has 0 aromatic heterocycles. The summed E-state index contributed by atoms with van der Waals surface area (Å²) in [5.41, 5.74) is 0. The Hall–Kier alpha value is -1.58. The summed E-state index contributed by atoms with van der Waals surface area (Å²) in [4.78, 5) is 21.7. The minimum absolute atomic E-state index is 0.0315. The smallest absolute Gasteiger partial charge is 0.306 e. The van der Waals surface area contributed by atoms with E-state index in [1.807, 2.05) is 19.1 Å². The Morgan fingerprint density at radius 3 is 1.68 bits per heavy atom. The lowest BCUT2D eigenvalue weighted by Crippen LogP contribution is -2.09. The third-order valence-electron chi connectivity index (χ3n) is 4.47. The van der Waals surface area contributed by atoms with Crippen molar-refractivity contribution >= 4 is 11.9 Å². The molecule has 0 aromatic rings. The summed E-state index contributed by atoms with van der Waals surface area (Å²) >= 11 is 0. The van der Waals surface area contributed by atoms with Crippen LogP contribution in [0.2, 0.25) is 0 Å². The highest BCUT2D eigenvalue weighted by Crippen LogP contribution is 2.23. The molecule has 25 heavy (non-hydrogen) atoms. The van der Waals surface area contributed by atoms with Crippen LogP contribution in [0.1, 0.15) is 72.6 Å². The number of cyclic esters (lactones) is 2. The molecular weight excluding hydrogens is 316 g/mol. The predicted octanol–water partition coefficient (Wildman–Crippen LogP) is 4.98. The molecule has 2 saturated heterocycles. The average Bonchev–Trinajstić information content (AvgIpc) is 3.05. The van der Waals surface area contributed by atoms with Crippen LogP contribution in [0.4, 0.5) is 0 Å².